The Morgan fingerprint density at radius 3 is 2.76 bits per heavy atom. The number of ether oxygens (including phenoxy) is 1. The average molecular weight is 237 g/mol. The molecule has 0 saturated heterocycles. The zero-order chi connectivity index (χ0) is 12.5. The zero-order valence-corrected chi connectivity index (χ0v) is 10.2. The number of hydrogen-bond acceptors (Lipinski definition) is 3. The van der Waals surface area contributed by atoms with Crippen LogP contribution in [0.4, 0.5) is 0 Å². The van der Waals surface area contributed by atoms with E-state index in [-0.39, 0.29) is 5.56 Å². The normalized spacial score (nSPS) is 10.4. The van der Waals surface area contributed by atoms with Gasteiger partial charge in [-0.1, -0.05) is 26.2 Å². The molecule has 17 heavy (non-hydrogen) atoms. The van der Waals surface area contributed by atoms with Crippen molar-refractivity contribution in [2.45, 2.75) is 39.2 Å². The van der Waals surface area contributed by atoms with Crippen LogP contribution in [-0.4, -0.2) is 22.7 Å². The maximum Gasteiger partial charge on any atom is 0.337 e. The Bertz CT molecular complexity index is 335. The van der Waals surface area contributed by atoms with Crippen molar-refractivity contribution in [2.75, 3.05) is 6.61 Å². The SMILES string of the molecule is CCCCCCOCc1ccc(C(=O)O)cn1. The van der Waals surface area contributed by atoms with Crippen LogP contribution in [-0.2, 0) is 11.3 Å². The number of carboxylic acid groups (broad SMARTS) is 1. The third kappa shape index (κ3) is 5.45. The topological polar surface area (TPSA) is 59.4 Å². The summed E-state index contributed by atoms with van der Waals surface area (Å²) in [5.41, 5.74) is 0.974. The minimum atomic E-state index is -0.954. The number of carbonyl (C=O) groups is 1. The first-order valence-corrected chi connectivity index (χ1v) is 6.00. The van der Waals surface area contributed by atoms with Crippen LogP contribution >= 0.6 is 0 Å². The van der Waals surface area contributed by atoms with Crippen LogP contribution in [0.1, 0.15) is 48.7 Å². The van der Waals surface area contributed by atoms with Gasteiger partial charge in [0.1, 0.15) is 0 Å². The number of nitrogens with zero attached hydrogens (tertiary/aromatic N) is 1. The summed E-state index contributed by atoms with van der Waals surface area (Å²) in [4.78, 5) is 14.6. The fraction of sp³-hybridized carbons (Fsp3) is 0.538. The first-order chi connectivity index (χ1) is 8.24. The molecule has 0 saturated carbocycles. The van der Waals surface area contributed by atoms with Crippen molar-refractivity contribution in [3.8, 4) is 0 Å². The Labute approximate surface area is 102 Å². The highest BCUT2D eigenvalue weighted by molar-refractivity contribution is 5.87. The Hall–Kier alpha value is -1.42. The molecule has 1 aromatic heterocycles. The summed E-state index contributed by atoms with van der Waals surface area (Å²) in [7, 11) is 0. The predicted molar refractivity (Wildman–Crippen MR) is 65.0 cm³/mol. The number of hydrogen-bond donors (Lipinski definition) is 1. The molecule has 94 valence electrons. The lowest BCUT2D eigenvalue weighted by Crippen LogP contribution is -2.01. The highest BCUT2D eigenvalue weighted by Crippen LogP contribution is 2.03. The number of aromatic carboxylic acids is 1. The van der Waals surface area contributed by atoms with Crippen molar-refractivity contribution >= 4 is 5.97 Å². The minimum absolute atomic E-state index is 0.205. The number of pyridine rings is 1. The molecule has 1 rings (SSSR count). The van der Waals surface area contributed by atoms with Gasteiger partial charge in [0.25, 0.3) is 0 Å². The summed E-state index contributed by atoms with van der Waals surface area (Å²) in [5, 5.41) is 8.70. The van der Waals surface area contributed by atoms with Gasteiger partial charge in [-0.05, 0) is 18.6 Å². The molecule has 1 N–H and O–H groups in total. The number of aromatic nitrogens is 1. The quantitative estimate of drug-likeness (QED) is 0.706. The number of carboxylic acids is 1. The highest BCUT2D eigenvalue weighted by atomic mass is 16.5. The molecule has 4 nitrogen and oxygen atoms in total. The Morgan fingerprint density at radius 2 is 2.18 bits per heavy atom. The van der Waals surface area contributed by atoms with Gasteiger partial charge in [-0.25, -0.2) is 4.79 Å². The molecular formula is C13H19NO3. The lowest BCUT2D eigenvalue weighted by atomic mass is 10.2. The second-order valence-corrected chi connectivity index (χ2v) is 3.96. The summed E-state index contributed by atoms with van der Waals surface area (Å²) >= 11 is 0. The Kier molecular flexibility index (Phi) is 6.25. The van der Waals surface area contributed by atoms with Gasteiger partial charge >= 0.3 is 5.97 Å². The fourth-order valence-electron chi connectivity index (χ4n) is 1.44. The second kappa shape index (κ2) is 7.79. The monoisotopic (exact) mass is 237 g/mol. The lowest BCUT2D eigenvalue weighted by Gasteiger charge is -2.03. The molecule has 1 aromatic rings. The van der Waals surface area contributed by atoms with Gasteiger partial charge < -0.3 is 9.84 Å². The first kappa shape index (κ1) is 13.6. The molecule has 0 unspecified atom stereocenters. The third-order valence-corrected chi connectivity index (χ3v) is 2.46. The van der Waals surface area contributed by atoms with Crippen LogP contribution in [0.15, 0.2) is 18.3 Å². The van der Waals surface area contributed by atoms with Gasteiger partial charge in [-0.3, -0.25) is 4.98 Å². The van der Waals surface area contributed by atoms with Gasteiger partial charge in [-0.15, -0.1) is 0 Å². The molecule has 0 atom stereocenters. The Morgan fingerprint density at radius 1 is 1.35 bits per heavy atom. The molecule has 0 spiro atoms. The van der Waals surface area contributed by atoms with Crippen LogP contribution in [0.5, 0.6) is 0 Å². The van der Waals surface area contributed by atoms with Crippen molar-refractivity contribution in [2.24, 2.45) is 0 Å². The average Bonchev–Trinajstić information content (AvgIpc) is 2.34. The van der Waals surface area contributed by atoms with E-state index >= 15 is 0 Å². The summed E-state index contributed by atoms with van der Waals surface area (Å²) in [6, 6.07) is 3.24. The minimum Gasteiger partial charge on any atom is -0.478 e. The van der Waals surface area contributed by atoms with E-state index in [1.165, 1.54) is 25.5 Å². The molecule has 0 aromatic carbocycles. The summed E-state index contributed by atoms with van der Waals surface area (Å²) in [5.74, 6) is -0.954. The smallest absolute Gasteiger partial charge is 0.337 e. The van der Waals surface area contributed by atoms with Crippen LogP contribution in [0.3, 0.4) is 0 Å². The molecule has 0 aliphatic carbocycles. The summed E-state index contributed by atoms with van der Waals surface area (Å²) in [6.07, 6.45) is 6.09. The van der Waals surface area contributed by atoms with Crippen LogP contribution < -0.4 is 0 Å². The third-order valence-electron chi connectivity index (χ3n) is 2.46. The van der Waals surface area contributed by atoms with Gasteiger partial charge in [0.2, 0.25) is 0 Å². The lowest BCUT2D eigenvalue weighted by molar-refractivity contribution is 0.0696. The van der Waals surface area contributed by atoms with Gasteiger partial charge in [-0.2, -0.15) is 0 Å². The fourth-order valence-corrected chi connectivity index (χ4v) is 1.44. The molecule has 0 amide bonds. The van der Waals surface area contributed by atoms with Crippen LogP contribution in [0.25, 0.3) is 0 Å². The molecule has 0 aliphatic heterocycles. The van der Waals surface area contributed by atoms with Crippen molar-refractivity contribution in [1.82, 2.24) is 4.98 Å². The van der Waals surface area contributed by atoms with E-state index in [0.29, 0.717) is 6.61 Å². The molecule has 1 heterocycles. The molecule has 0 aliphatic rings. The highest BCUT2D eigenvalue weighted by Gasteiger charge is 2.02. The van der Waals surface area contributed by atoms with Crippen molar-refractivity contribution in [1.29, 1.82) is 0 Å². The predicted octanol–water partition coefficient (Wildman–Crippen LogP) is 2.88. The molecule has 0 fully saturated rings. The maximum atomic E-state index is 10.6. The van der Waals surface area contributed by atoms with Crippen molar-refractivity contribution < 1.29 is 14.6 Å². The number of unbranched alkanes of at least 4 members (excludes halogenated alkanes) is 3. The summed E-state index contributed by atoms with van der Waals surface area (Å²) < 4.78 is 5.46. The summed E-state index contributed by atoms with van der Waals surface area (Å²) in [6.45, 7) is 3.36. The van der Waals surface area contributed by atoms with Gasteiger partial charge in [0, 0.05) is 12.8 Å². The van der Waals surface area contributed by atoms with E-state index in [1.807, 2.05) is 0 Å². The van der Waals surface area contributed by atoms with E-state index in [9.17, 15) is 4.79 Å². The molecule has 0 bridgehead atoms. The van der Waals surface area contributed by atoms with E-state index in [4.69, 9.17) is 9.84 Å². The molecule has 4 heteroatoms. The molecule has 0 radical (unpaired) electrons. The van der Waals surface area contributed by atoms with Crippen LogP contribution in [0, 0.1) is 0 Å². The Balaban J connectivity index is 2.21. The zero-order valence-electron chi connectivity index (χ0n) is 10.2. The molecular weight excluding hydrogens is 218 g/mol. The van der Waals surface area contributed by atoms with E-state index in [2.05, 4.69) is 11.9 Å². The van der Waals surface area contributed by atoms with Crippen molar-refractivity contribution in [3.63, 3.8) is 0 Å². The van der Waals surface area contributed by atoms with Crippen LogP contribution in [0.2, 0.25) is 0 Å². The largest absolute Gasteiger partial charge is 0.478 e. The van der Waals surface area contributed by atoms with E-state index in [1.54, 1.807) is 12.1 Å². The van der Waals surface area contributed by atoms with E-state index in [0.717, 1.165) is 18.7 Å². The number of rotatable bonds is 8. The maximum absolute atomic E-state index is 10.6. The second-order valence-electron chi connectivity index (χ2n) is 3.96. The van der Waals surface area contributed by atoms with E-state index < -0.39 is 5.97 Å². The first-order valence-electron chi connectivity index (χ1n) is 6.00. The van der Waals surface area contributed by atoms with Gasteiger partial charge in [0.15, 0.2) is 0 Å². The van der Waals surface area contributed by atoms with Crippen molar-refractivity contribution in [3.05, 3.63) is 29.6 Å². The standard InChI is InChI=1S/C13H19NO3/c1-2-3-4-5-8-17-10-12-7-6-11(9-14-12)13(15)16/h6-7,9H,2-5,8,10H2,1H3,(H,15,16). The van der Waals surface area contributed by atoms with Gasteiger partial charge in [0.05, 0.1) is 17.9 Å².